The molecule has 0 saturated carbocycles. The molecule has 0 bridgehead atoms. The van der Waals surface area contributed by atoms with Crippen LogP contribution in [-0.4, -0.2) is 112 Å². The molecule has 42 heavy (non-hydrogen) atoms. The maximum absolute atomic E-state index is 12.6. The fourth-order valence-electron chi connectivity index (χ4n) is 3.50. The topological polar surface area (TPSA) is 316 Å². The van der Waals surface area contributed by atoms with E-state index < -0.39 is 90.5 Å². The van der Waals surface area contributed by atoms with E-state index in [4.69, 9.17) is 27.0 Å². The molecule has 3 unspecified atom stereocenters. The molecule has 0 spiro atoms. The first-order valence-corrected chi connectivity index (χ1v) is 13.1. The summed E-state index contributed by atoms with van der Waals surface area (Å²) in [6.07, 6.45) is -5.99. The van der Waals surface area contributed by atoms with Crippen molar-refractivity contribution in [2.45, 2.75) is 95.4 Å². The number of nitrogens with one attached hydrogen (secondary N) is 4. The van der Waals surface area contributed by atoms with E-state index in [1.54, 1.807) is 0 Å². The molecule has 13 N–H and O–H groups in total. The van der Waals surface area contributed by atoms with Gasteiger partial charge in [-0.05, 0) is 39.5 Å². The minimum Gasteiger partial charge on any atom is -0.441 e. The van der Waals surface area contributed by atoms with Crippen LogP contribution >= 0.6 is 0 Å². The maximum Gasteiger partial charge on any atom is 0.408 e. The third-order valence-corrected chi connectivity index (χ3v) is 5.96. The van der Waals surface area contributed by atoms with Gasteiger partial charge in [-0.3, -0.25) is 28.8 Å². The molecule has 18 heteroatoms. The average Bonchev–Trinajstić information content (AvgIpc) is 2.90. The van der Waals surface area contributed by atoms with Gasteiger partial charge in [0.05, 0.1) is 12.6 Å². The third kappa shape index (κ3) is 14.7. The summed E-state index contributed by atoms with van der Waals surface area (Å²) in [5.41, 5.74) is 15.9. The second-order valence-corrected chi connectivity index (χ2v) is 9.62. The largest absolute Gasteiger partial charge is 0.441 e. The standard InChI is InChI=1S/C24H43N7O11/c1-11(29-24(41)42-20(19(37)16(35)10-32)18(12(2)33)30-13(3)34)23(40)31-15(22(27)39)7-8-17(36)28-9-5-4-6-14(25)21(26)38/h11,14-16,18-20,32,35,37H,4-10,25H2,1-3H3,(H2,26,38)(H2,27,39)(H,28,36)(H,29,41)(H,30,34)(H,31,40)/t11?,14?,15?,16-,18+,19-,20-/m1/s1. The van der Waals surface area contributed by atoms with E-state index >= 15 is 0 Å². The first-order chi connectivity index (χ1) is 19.5. The number of primary amides is 2. The number of unbranched alkanes of at least 4 members (excludes halogenated alkanes) is 1. The third-order valence-electron chi connectivity index (χ3n) is 5.96. The van der Waals surface area contributed by atoms with Crippen LogP contribution in [0, 0.1) is 0 Å². The van der Waals surface area contributed by atoms with E-state index in [0.29, 0.717) is 19.3 Å². The number of carbonyl (C=O) groups is 7. The van der Waals surface area contributed by atoms with Gasteiger partial charge in [0.1, 0.15) is 30.3 Å². The summed E-state index contributed by atoms with van der Waals surface area (Å²) in [6, 6.07) is -5.02. The summed E-state index contributed by atoms with van der Waals surface area (Å²) in [7, 11) is 0. The first kappa shape index (κ1) is 38.1. The number of rotatable bonds is 20. The summed E-state index contributed by atoms with van der Waals surface area (Å²) in [5.74, 6) is -4.38. The van der Waals surface area contributed by atoms with Gasteiger partial charge in [-0.25, -0.2) is 4.79 Å². The number of hydrogen-bond donors (Lipinski definition) is 10. The number of ketones is 1. The summed E-state index contributed by atoms with van der Waals surface area (Å²) >= 11 is 0. The zero-order valence-corrected chi connectivity index (χ0v) is 23.8. The summed E-state index contributed by atoms with van der Waals surface area (Å²) in [4.78, 5) is 83.4. The average molecular weight is 606 g/mol. The smallest absolute Gasteiger partial charge is 0.408 e. The molecule has 240 valence electrons. The van der Waals surface area contributed by atoms with E-state index in [1.807, 2.05) is 0 Å². The molecule has 0 radical (unpaired) electrons. The van der Waals surface area contributed by atoms with E-state index in [2.05, 4.69) is 21.3 Å². The van der Waals surface area contributed by atoms with Crippen molar-refractivity contribution in [1.29, 1.82) is 0 Å². The van der Waals surface area contributed by atoms with Gasteiger partial charge in [-0.1, -0.05) is 0 Å². The second kappa shape index (κ2) is 19.3. The molecule has 0 rings (SSSR count). The number of hydrogen-bond acceptors (Lipinski definition) is 12. The Hall–Kier alpha value is -3.87. The molecule has 0 aromatic rings. The molecular formula is C24H43N7O11. The minimum absolute atomic E-state index is 0.166. The van der Waals surface area contributed by atoms with Gasteiger partial charge in [0.2, 0.25) is 29.5 Å². The van der Waals surface area contributed by atoms with E-state index in [-0.39, 0.29) is 19.4 Å². The Morgan fingerprint density at radius 1 is 0.881 bits per heavy atom. The van der Waals surface area contributed by atoms with Crippen molar-refractivity contribution in [3.8, 4) is 0 Å². The lowest BCUT2D eigenvalue weighted by Gasteiger charge is -2.31. The van der Waals surface area contributed by atoms with Crippen molar-refractivity contribution in [3.63, 3.8) is 0 Å². The molecule has 0 aromatic carbocycles. The zero-order valence-electron chi connectivity index (χ0n) is 23.8. The summed E-state index contributed by atoms with van der Waals surface area (Å²) < 4.78 is 5.03. The molecule has 18 nitrogen and oxygen atoms in total. The molecule has 6 amide bonds. The van der Waals surface area contributed by atoms with E-state index in [9.17, 15) is 43.8 Å². The van der Waals surface area contributed by atoms with Crippen molar-refractivity contribution in [1.82, 2.24) is 21.3 Å². The van der Waals surface area contributed by atoms with Crippen molar-refractivity contribution in [3.05, 3.63) is 0 Å². The lowest BCUT2D eigenvalue weighted by Crippen LogP contribution is -2.58. The molecule has 0 fully saturated rings. The SMILES string of the molecule is CC(=O)N[C@@H](C(C)=O)[C@@H](OC(=O)NC(C)C(=O)NC(CCC(=O)NCCCCC(N)C(N)=O)C(N)=O)[C@H](O)[C@H](O)CO. The van der Waals surface area contributed by atoms with Crippen molar-refractivity contribution >= 4 is 41.4 Å². The van der Waals surface area contributed by atoms with Gasteiger partial charge in [-0.2, -0.15) is 0 Å². The molecular weight excluding hydrogens is 562 g/mol. The molecule has 0 saturated heterocycles. The first-order valence-electron chi connectivity index (χ1n) is 13.1. The van der Waals surface area contributed by atoms with Gasteiger partial charge >= 0.3 is 6.09 Å². The van der Waals surface area contributed by atoms with Crippen LogP contribution in [0.15, 0.2) is 0 Å². The van der Waals surface area contributed by atoms with Crippen LogP contribution in [0.25, 0.3) is 0 Å². The van der Waals surface area contributed by atoms with Gasteiger partial charge in [-0.15, -0.1) is 0 Å². The minimum atomic E-state index is -2.01. The highest BCUT2D eigenvalue weighted by Gasteiger charge is 2.39. The number of aliphatic hydroxyl groups is 3. The van der Waals surface area contributed by atoms with E-state index in [0.717, 1.165) is 13.8 Å². The normalized spacial score (nSPS) is 15.9. The van der Waals surface area contributed by atoms with Crippen LogP contribution in [-0.2, 0) is 33.5 Å². The Balaban J connectivity index is 5.05. The zero-order chi connectivity index (χ0) is 32.6. The fraction of sp³-hybridized carbons (Fsp3) is 0.708. The van der Waals surface area contributed by atoms with E-state index in [1.165, 1.54) is 6.92 Å². The van der Waals surface area contributed by atoms with Crippen LogP contribution in [0.5, 0.6) is 0 Å². The predicted molar refractivity (Wildman–Crippen MR) is 145 cm³/mol. The lowest BCUT2D eigenvalue weighted by molar-refractivity contribution is -0.135. The van der Waals surface area contributed by atoms with Crippen molar-refractivity contribution in [2.24, 2.45) is 17.2 Å². The van der Waals surface area contributed by atoms with Crippen LogP contribution in [0.4, 0.5) is 4.79 Å². The number of amides is 6. The monoisotopic (exact) mass is 605 g/mol. The number of Topliss-reactive ketones (excluding diaryl/α,β-unsaturated/α-hetero) is 1. The van der Waals surface area contributed by atoms with Gasteiger partial charge in [0.15, 0.2) is 11.9 Å². The Morgan fingerprint density at radius 2 is 1.50 bits per heavy atom. The number of ether oxygens (including phenoxy) is 1. The Kier molecular flexibility index (Phi) is 17.5. The van der Waals surface area contributed by atoms with Gasteiger partial charge in [0, 0.05) is 19.9 Å². The molecule has 0 heterocycles. The molecule has 0 aliphatic heterocycles. The quantitative estimate of drug-likeness (QED) is 0.0584. The second-order valence-electron chi connectivity index (χ2n) is 9.62. The van der Waals surface area contributed by atoms with Crippen LogP contribution < -0.4 is 38.5 Å². The predicted octanol–water partition coefficient (Wildman–Crippen LogP) is -4.87. The van der Waals surface area contributed by atoms with Crippen molar-refractivity contribution in [2.75, 3.05) is 13.2 Å². The Morgan fingerprint density at radius 3 is 2.00 bits per heavy atom. The number of aliphatic hydroxyl groups excluding tert-OH is 3. The maximum atomic E-state index is 12.6. The molecule has 0 aromatic heterocycles. The van der Waals surface area contributed by atoms with Crippen molar-refractivity contribution < 1.29 is 53.6 Å². The van der Waals surface area contributed by atoms with Gasteiger partial charge < -0.3 is 58.5 Å². The number of nitrogens with two attached hydrogens (primary N) is 3. The highest BCUT2D eigenvalue weighted by molar-refractivity contribution is 5.91. The molecule has 7 atom stereocenters. The fourth-order valence-corrected chi connectivity index (χ4v) is 3.50. The van der Waals surface area contributed by atoms with Crippen LogP contribution in [0.2, 0.25) is 0 Å². The van der Waals surface area contributed by atoms with Gasteiger partial charge in [0.25, 0.3) is 0 Å². The summed E-state index contributed by atoms with van der Waals surface area (Å²) in [6.45, 7) is 2.59. The Bertz CT molecular complexity index is 965. The summed E-state index contributed by atoms with van der Waals surface area (Å²) in [5, 5.41) is 38.4. The Labute approximate surface area is 242 Å². The lowest BCUT2D eigenvalue weighted by atomic mass is 9.98. The van der Waals surface area contributed by atoms with Crippen LogP contribution in [0.1, 0.15) is 52.9 Å². The molecule has 0 aliphatic rings. The highest BCUT2D eigenvalue weighted by atomic mass is 16.6. The number of carbonyl (C=O) groups excluding carboxylic acids is 7. The molecule has 0 aliphatic carbocycles. The van der Waals surface area contributed by atoms with Crippen LogP contribution in [0.3, 0.4) is 0 Å². The highest BCUT2D eigenvalue weighted by Crippen LogP contribution is 2.12. The number of alkyl carbamates (subject to hydrolysis) is 1.